The maximum absolute atomic E-state index is 12.0. The lowest BCUT2D eigenvalue weighted by Crippen LogP contribution is -2.41. The molecule has 0 atom stereocenters. The Hall–Kier alpha value is -1.95. The summed E-state index contributed by atoms with van der Waals surface area (Å²) in [5.74, 6) is -1.06. The maximum Gasteiger partial charge on any atom is 0.313 e. The summed E-state index contributed by atoms with van der Waals surface area (Å²) in [4.78, 5) is 29.5. The molecule has 2 heterocycles. The Kier molecular flexibility index (Phi) is 4.46. The molecule has 102 valence electrons. The van der Waals surface area contributed by atoms with Gasteiger partial charge in [0.25, 0.3) is 0 Å². The number of nitrogens with zero attached hydrogens (tertiary/aromatic N) is 2. The first-order valence-corrected chi connectivity index (χ1v) is 6.40. The highest BCUT2D eigenvalue weighted by atomic mass is 16.2. The van der Waals surface area contributed by atoms with Gasteiger partial charge >= 0.3 is 11.8 Å². The van der Waals surface area contributed by atoms with Gasteiger partial charge in [-0.1, -0.05) is 0 Å². The molecular formula is C13H18N4O2. The second-order valence-electron chi connectivity index (χ2n) is 4.54. The molecule has 0 spiro atoms. The molecule has 6 heteroatoms. The Morgan fingerprint density at radius 2 is 2.21 bits per heavy atom. The Bertz CT molecular complexity index is 467. The molecule has 1 fully saturated rings. The average Bonchev–Trinajstić information content (AvgIpc) is 2.69. The van der Waals surface area contributed by atoms with Crippen molar-refractivity contribution in [2.75, 3.05) is 31.5 Å². The molecule has 0 aromatic carbocycles. The number of pyridine rings is 1. The van der Waals surface area contributed by atoms with Crippen molar-refractivity contribution < 1.29 is 9.59 Å². The Morgan fingerprint density at radius 3 is 3.00 bits per heavy atom. The van der Waals surface area contributed by atoms with Gasteiger partial charge in [0.2, 0.25) is 0 Å². The maximum atomic E-state index is 12.0. The molecule has 0 radical (unpaired) electrons. The minimum absolute atomic E-state index is 0.472. The molecular weight excluding hydrogens is 244 g/mol. The van der Waals surface area contributed by atoms with E-state index in [0.717, 1.165) is 25.1 Å². The van der Waals surface area contributed by atoms with Gasteiger partial charge in [-0.15, -0.1) is 0 Å². The summed E-state index contributed by atoms with van der Waals surface area (Å²) in [6, 6.07) is 1.69. The quantitative estimate of drug-likeness (QED) is 0.707. The van der Waals surface area contributed by atoms with Gasteiger partial charge in [-0.3, -0.25) is 14.6 Å². The minimum Gasteiger partial charge on any atom is -0.333 e. The molecule has 2 rings (SSSR count). The van der Waals surface area contributed by atoms with Crippen LogP contribution < -0.4 is 10.6 Å². The van der Waals surface area contributed by atoms with Crippen molar-refractivity contribution in [1.82, 2.24) is 15.2 Å². The van der Waals surface area contributed by atoms with Crippen molar-refractivity contribution in [2.45, 2.75) is 13.3 Å². The van der Waals surface area contributed by atoms with Gasteiger partial charge in [-0.25, -0.2) is 0 Å². The van der Waals surface area contributed by atoms with E-state index < -0.39 is 11.8 Å². The summed E-state index contributed by atoms with van der Waals surface area (Å²) < 4.78 is 0. The van der Waals surface area contributed by atoms with Crippen molar-refractivity contribution in [2.24, 2.45) is 0 Å². The highest BCUT2D eigenvalue weighted by Crippen LogP contribution is 2.11. The van der Waals surface area contributed by atoms with Gasteiger partial charge in [-0.05, 0) is 31.5 Å². The molecule has 1 saturated heterocycles. The van der Waals surface area contributed by atoms with E-state index in [1.807, 2.05) is 6.92 Å². The summed E-state index contributed by atoms with van der Waals surface area (Å²) in [5.41, 5.74) is 1.46. The second-order valence-corrected chi connectivity index (χ2v) is 4.54. The smallest absolute Gasteiger partial charge is 0.313 e. The fraction of sp³-hybridized carbons (Fsp3) is 0.462. The van der Waals surface area contributed by atoms with Crippen molar-refractivity contribution in [3.8, 4) is 0 Å². The van der Waals surface area contributed by atoms with Crippen LogP contribution in [0, 0.1) is 6.92 Å². The van der Waals surface area contributed by atoms with E-state index in [4.69, 9.17) is 0 Å². The van der Waals surface area contributed by atoms with Gasteiger partial charge in [0.05, 0.1) is 0 Å². The zero-order valence-corrected chi connectivity index (χ0v) is 11.0. The first-order valence-electron chi connectivity index (χ1n) is 6.40. The molecule has 0 saturated carbocycles. The lowest BCUT2D eigenvalue weighted by atomic mass is 10.2. The highest BCUT2D eigenvalue weighted by molar-refractivity contribution is 6.39. The fourth-order valence-corrected chi connectivity index (χ4v) is 1.98. The first kappa shape index (κ1) is 13.5. The summed E-state index contributed by atoms with van der Waals surface area (Å²) >= 11 is 0. The Morgan fingerprint density at radius 1 is 1.37 bits per heavy atom. The van der Waals surface area contributed by atoms with Gasteiger partial charge in [-0.2, -0.15) is 0 Å². The van der Waals surface area contributed by atoms with Crippen molar-refractivity contribution >= 4 is 17.5 Å². The molecule has 2 amide bonds. The lowest BCUT2D eigenvalue weighted by Gasteiger charge is -2.19. The van der Waals surface area contributed by atoms with E-state index in [2.05, 4.69) is 15.6 Å². The summed E-state index contributed by atoms with van der Waals surface area (Å²) in [6.45, 7) is 4.64. The predicted octanol–water partition coefficient (Wildman–Crippen LogP) is 0.150. The number of aromatic nitrogens is 1. The third-order valence-corrected chi connectivity index (χ3v) is 3.09. The van der Waals surface area contributed by atoms with Crippen LogP contribution in [0.25, 0.3) is 0 Å². The predicted molar refractivity (Wildman–Crippen MR) is 71.7 cm³/mol. The third kappa shape index (κ3) is 3.51. The SMILES string of the molecule is Cc1cnccc1NC(=O)C(=O)N1CCCNCC1. The zero-order chi connectivity index (χ0) is 13.7. The lowest BCUT2D eigenvalue weighted by molar-refractivity contribution is -0.143. The van der Waals surface area contributed by atoms with Crippen LogP contribution in [-0.2, 0) is 9.59 Å². The van der Waals surface area contributed by atoms with Crippen LogP contribution in [0.1, 0.15) is 12.0 Å². The number of anilines is 1. The minimum atomic E-state index is -0.587. The Labute approximate surface area is 112 Å². The van der Waals surface area contributed by atoms with E-state index in [1.54, 1.807) is 23.4 Å². The molecule has 6 nitrogen and oxygen atoms in total. The number of carbonyl (C=O) groups excluding carboxylic acids is 2. The van der Waals surface area contributed by atoms with Gasteiger partial charge in [0, 0.05) is 37.7 Å². The summed E-state index contributed by atoms with van der Waals surface area (Å²) in [7, 11) is 0. The molecule has 0 bridgehead atoms. The first-order chi connectivity index (χ1) is 9.18. The largest absolute Gasteiger partial charge is 0.333 e. The molecule has 1 aliphatic rings. The molecule has 2 N–H and O–H groups in total. The number of nitrogens with one attached hydrogen (secondary N) is 2. The van der Waals surface area contributed by atoms with E-state index in [0.29, 0.717) is 18.8 Å². The molecule has 1 aliphatic heterocycles. The highest BCUT2D eigenvalue weighted by Gasteiger charge is 2.22. The standard InChI is InChI=1S/C13H18N4O2/c1-10-9-15-5-3-11(10)16-12(18)13(19)17-7-2-4-14-6-8-17/h3,5,9,14H,2,4,6-8H2,1H3,(H,15,16,18). The number of hydrogen-bond acceptors (Lipinski definition) is 4. The topological polar surface area (TPSA) is 74.3 Å². The Balaban J connectivity index is 1.99. The van der Waals surface area contributed by atoms with E-state index in [9.17, 15) is 9.59 Å². The molecule has 0 unspecified atom stereocenters. The molecule has 19 heavy (non-hydrogen) atoms. The van der Waals surface area contributed by atoms with Crippen molar-refractivity contribution in [1.29, 1.82) is 0 Å². The second kappa shape index (κ2) is 6.29. The monoisotopic (exact) mass is 262 g/mol. The summed E-state index contributed by atoms with van der Waals surface area (Å²) in [6.07, 6.45) is 4.10. The van der Waals surface area contributed by atoms with Crippen LogP contribution in [0.3, 0.4) is 0 Å². The van der Waals surface area contributed by atoms with Gasteiger partial charge in [0.15, 0.2) is 0 Å². The van der Waals surface area contributed by atoms with Crippen LogP contribution in [0.5, 0.6) is 0 Å². The average molecular weight is 262 g/mol. The number of aryl methyl sites for hydroxylation is 1. The van der Waals surface area contributed by atoms with E-state index in [-0.39, 0.29) is 0 Å². The van der Waals surface area contributed by atoms with Gasteiger partial charge < -0.3 is 15.5 Å². The third-order valence-electron chi connectivity index (χ3n) is 3.09. The van der Waals surface area contributed by atoms with Crippen LogP contribution in [-0.4, -0.2) is 47.9 Å². The fourth-order valence-electron chi connectivity index (χ4n) is 1.98. The molecule has 1 aromatic heterocycles. The number of carbonyl (C=O) groups is 2. The normalized spacial score (nSPS) is 15.7. The van der Waals surface area contributed by atoms with Crippen LogP contribution >= 0.6 is 0 Å². The number of hydrogen-bond donors (Lipinski definition) is 2. The van der Waals surface area contributed by atoms with Crippen LogP contribution in [0.2, 0.25) is 0 Å². The zero-order valence-electron chi connectivity index (χ0n) is 11.0. The van der Waals surface area contributed by atoms with Crippen molar-refractivity contribution in [3.05, 3.63) is 24.0 Å². The molecule has 0 aliphatic carbocycles. The van der Waals surface area contributed by atoms with Gasteiger partial charge in [0.1, 0.15) is 0 Å². The number of amides is 2. The van der Waals surface area contributed by atoms with Crippen LogP contribution in [0.4, 0.5) is 5.69 Å². The number of rotatable bonds is 1. The molecule has 1 aromatic rings. The van der Waals surface area contributed by atoms with Crippen LogP contribution in [0.15, 0.2) is 18.5 Å². The van der Waals surface area contributed by atoms with E-state index >= 15 is 0 Å². The summed E-state index contributed by atoms with van der Waals surface area (Å²) in [5, 5.41) is 5.83. The van der Waals surface area contributed by atoms with E-state index in [1.165, 1.54) is 0 Å². The van der Waals surface area contributed by atoms with Crippen molar-refractivity contribution in [3.63, 3.8) is 0 Å².